The summed E-state index contributed by atoms with van der Waals surface area (Å²) in [6.45, 7) is 5.32. The molecule has 0 saturated heterocycles. The molecule has 1 atom stereocenters. The van der Waals surface area contributed by atoms with Crippen LogP contribution < -0.4 is 0 Å². The number of nitrogens with zero attached hydrogens (tertiary/aromatic N) is 1. The molecule has 0 bridgehead atoms. The summed E-state index contributed by atoms with van der Waals surface area (Å²) in [4.78, 5) is 2.34. The fourth-order valence-corrected chi connectivity index (χ4v) is 1.59. The van der Waals surface area contributed by atoms with Gasteiger partial charge in [0.25, 0.3) is 0 Å². The molecule has 0 aliphatic carbocycles. The van der Waals surface area contributed by atoms with Gasteiger partial charge in [-0.05, 0) is 38.1 Å². The van der Waals surface area contributed by atoms with E-state index in [9.17, 15) is 0 Å². The first-order chi connectivity index (χ1) is 8.17. The van der Waals surface area contributed by atoms with E-state index in [1.165, 1.54) is 5.56 Å². The Morgan fingerprint density at radius 2 is 1.94 bits per heavy atom. The summed E-state index contributed by atoms with van der Waals surface area (Å²) in [6, 6.07) is 8.80. The second-order valence-corrected chi connectivity index (χ2v) is 4.33. The average molecular weight is 231 g/mol. The maximum atomic E-state index is 8.61. The topological polar surface area (TPSA) is 23.5 Å². The van der Waals surface area contributed by atoms with Crippen LogP contribution in [-0.2, 0) is 6.54 Å². The minimum atomic E-state index is -0.0848. The van der Waals surface area contributed by atoms with Gasteiger partial charge in [-0.1, -0.05) is 30.9 Å². The van der Waals surface area contributed by atoms with E-state index in [4.69, 9.17) is 5.11 Å². The van der Waals surface area contributed by atoms with Crippen molar-refractivity contribution in [1.29, 1.82) is 0 Å². The molecule has 2 nitrogen and oxygen atoms in total. The van der Waals surface area contributed by atoms with E-state index < -0.39 is 0 Å². The minimum absolute atomic E-state index is 0.0848. The van der Waals surface area contributed by atoms with Crippen molar-refractivity contribution >= 4 is 0 Å². The van der Waals surface area contributed by atoms with Crippen LogP contribution in [0, 0.1) is 11.8 Å². The summed E-state index contributed by atoms with van der Waals surface area (Å²) in [5, 5.41) is 8.61. The monoisotopic (exact) mass is 231 g/mol. The van der Waals surface area contributed by atoms with Gasteiger partial charge in [0.05, 0.1) is 0 Å². The molecule has 0 spiro atoms. The lowest BCUT2D eigenvalue weighted by atomic mass is 10.1. The van der Waals surface area contributed by atoms with Crippen molar-refractivity contribution in [2.24, 2.45) is 0 Å². The lowest BCUT2D eigenvalue weighted by Gasteiger charge is -2.23. The number of hydrogen-bond acceptors (Lipinski definition) is 2. The summed E-state index contributed by atoms with van der Waals surface area (Å²) in [5.74, 6) is 5.54. The van der Waals surface area contributed by atoms with Crippen molar-refractivity contribution in [2.75, 3.05) is 13.7 Å². The van der Waals surface area contributed by atoms with Gasteiger partial charge < -0.3 is 5.11 Å². The number of rotatable bonds is 4. The SMILES string of the molecule is CCC(C)N(C)Cc1ccc(C#CCO)cc1. The smallest absolute Gasteiger partial charge is 0.104 e. The van der Waals surface area contributed by atoms with Crippen LogP contribution in [0.2, 0.25) is 0 Å². The second-order valence-electron chi connectivity index (χ2n) is 4.33. The van der Waals surface area contributed by atoms with Crippen LogP contribution in [0.15, 0.2) is 24.3 Å². The highest BCUT2D eigenvalue weighted by molar-refractivity contribution is 5.36. The first kappa shape index (κ1) is 13.8. The summed E-state index contributed by atoms with van der Waals surface area (Å²) in [6.07, 6.45) is 1.16. The van der Waals surface area contributed by atoms with Crippen LogP contribution in [0.3, 0.4) is 0 Å². The first-order valence-corrected chi connectivity index (χ1v) is 6.06. The van der Waals surface area contributed by atoms with Gasteiger partial charge in [0.1, 0.15) is 6.61 Å². The maximum absolute atomic E-state index is 8.61. The van der Waals surface area contributed by atoms with E-state index in [0.717, 1.165) is 18.5 Å². The molecule has 0 aromatic heterocycles. The van der Waals surface area contributed by atoms with E-state index in [-0.39, 0.29) is 6.61 Å². The standard InChI is InChI=1S/C15H21NO/c1-4-13(2)16(3)12-15-9-7-14(8-10-15)6-5-11-17/h7-10,13,17H,4,11-12H2,1-3H3. The molecule has 0 saturated carbocycles. The molecule has 92 valence electrons. The van der Waals surface area contributed by atoms with Gasteiger partial charge in [-0.25, -0.2) is 0 Å². The molecular formula is C15H21NO. The van der Waals surface area contributed by atoms with Crippen molar-refractivity contribution in [3.8, 4) is 11.8 Å². The summed E-state index contributed by atoms with van der Waals surface area (Å²) >= 11 is 0. The molecule has 0 heterocycles. The molecule has 0 aliphatic rings. The Morgan fingerprint density at radius 1 is 1.29 bits per heavy atom. The Hall–Kier alpha value is -1.30. The van der Waals surface area contributed by atoms with E-state index in [2.05, 4.69) is 49.8 Å². The second kappa shape index (κ2) is 7.11. The van der Waals surface area contributed by atoms with E-state index in [1.54, 1.807) is 0 Å². The number of aliphatic hydroxyl groups excluding tert-OH is 1. The van der Waals surface area contributed by atoms with Gasteiger partial charge in [0, 0.05) is 18.2 Å². The van der Waals surface area contributed by atoms with Crippen molar-refractivity contribution in [2.45, 2.75) is 32.9 Å². The zero-order chi connectivity index (χ0) is 12.7. The van der Waals surface area contributed by atoms with Crippen LogP contribution in [0.1, 0.15) is 31.4 Å². The molecule has 1 aromatic carbocycles. The largest absolute Gasteiger partial charge is 0.384 e. The van der Waals surface area contributed by atoms with Crippen LogP contribution in [0.5, 0.6) is 0 Å². The Bertz CT molecular complexity index is 386. The van der Waals surface area contributed by atoms with Crippen LogP contribution in [-0.4, -0.2) is 29.7 Å². The lowest BCUT2D eigenvalue weighted by Crippen LogP contribution is -2.27. The van der Waals surface area contributed by atoms with Crippen molar-refractivity contribution in [1.82, 2.24) is 4.90 Å². The lowest BCUT2D eigenvalue weighted by molar-refractivity contribution is 0.244. The van der Waals surface area contributed by atoms with E-state index in [1.807, 2.05) is 12.1 Å². The third-order valence-corrected chi connectivity index (χ3v) is 3.04. The first-order valence-electron chi connectivity index (χ1n) is 6.06. The molecule has 17 heavy (non-hydrogen) atoms. The van der Waals surface area contributed by atoms with Gasteiger partial charge in [-0.2, -0.15) is 0 Å². The summed E-state index contributed by atoms with van der Waals surface area (Å²) in [7, 11) is 2.15. The fourth-order valence-electron chi connectivity index (χ4n) is 1.59. The molecule has 0 fully saturated rings. The van der Waals surface area contributed by atoms with Crippen molar-refractivity contribution in [3.05, 3.63) is 35.4 Å². The van der Waals surface area contributed by atoms with Gasteiger partial charge in [0.15, 0.2) is 0 Å². The van der Waals surface area contributed by atoms with Crippen molar-refractivity contribution < 1.29 is 5.11 Å². The molecule has 1 unspecified atom stereocenters. The molecule has 0 aliphatic heterocycles. The Morgan fingerprint density at radius 3 is 2.47 bits per heavy atom. The zero-order valence-electron chi connectivity index (χ0n) is 10.9. The third kappa shape index (κ3) is 4.60. The van der Waals surface area contributed by atoms with Crippen LogP contribution in [0.25, 0.3) is 0 Å². The van der Waals surface area contributed by atoms with Gasteiger partial charge in [0.2, 0.25) is 0 Å². The van der Waals surface area contributed by atoms with E-state index >= 15 is 0 Å². The molecule has 1 rings (SSSR count). The highest BCUT2D eigenvalue weighted by Crippen LogP contribution is 2.09. The Kier molecular flexibility index (Phi) is 5.76. The number of benzene rings is 1. The van der Waals surface area contributed by atoms with Crippen molar-refractivity contribution in [3.63, 3.8) is 0 Å². The summed E-state index contributed by atoms with van der Waals surface area (Å²) in [5.41, 5.74) is 2.25. The molecule has 1 aromatic rings. The highest BCUT2D eigenvalue weighted by Gasteiger charge is 2.06. The molecule has 0 amide bonds. The molecule has 0 radical (unpaired) electrons. The maximum Gasteiger partial charge on any atom is 0.104 e. The minimum Gasteiger partial charge on any atom is -0.384 e. The third-order valence-electron chi connectivity index (χ3n) is 3.04. The predicted octanol–water partition coefficient (Wildman–Crippen LogP) is 2.26. The summed E-state index contributed by atoms with van der Waals surface area (Å²) < 4.78 is 0. The van der Waals surface area contributed by atoms with Crippen LogP contribution >= 0.6 is 0 Å². The molecule has 2 heteroatoms. The van der Waals surface area contributed by atoms with Gasteiger partial charge in [-0.3, -0.25) is 4.90 Å². The normalized spacial score (nSPS) is 12.1. The molecular weight excluding hydrogens is 210 g/mol. The molecule has 1 N–H and O–H groups in total. The quantitative estimate of drug-likeness (QED) is 0.803. The zero-order valence-corrected chi connectivity index (χ0v) is 10.9. The number of hydrogen-bond donors (Lipinski definition) is 1. The van der Waals surface area contributed by atoms with Gasteiger partial charge in [-0.15, -0.1) is 0 Å². The Balaban J connectivity index is 2.62. The predicted molar refractivity (Wildman–Crippen MR) is 71.6 cm³/mol. The highest BCUT2D eigenvalue weighted by atomic mass is 16.2. The Labute approximate surface area is 104 Å². The van der Waals surface area contributed by atoms with Gasteiger partial charge >= 0.3 is 0 Å². The average Bonchev–Trinajstić information content (AvgIpc) is 2.37. The number of aliphatic hydroxyl groups is 1. The van der Waals surface area contributed by atoms with E-state index in [0.29, 0.717) is 6.04 Å². The van der Waals surface area contributed by atoms with Crippen LogP contribution in [0.4, 0.5) is 0 Å². The fraction of sp³-hybridized carbons (Fsp3) is 0.467.